The zero-order chi connectivity index (χ0) is 12.3. The van der Waals surface area contributed by atoms with E-state index in [2.05, 4.69) is 5.32 Å². The largest absolute Gasteiger partial charge is 0.494 e. The number of carbonyl (C=O) groups is 1. The molecule has 1 aromatic carbocycles. The summed E-state index contributed by atoms with van der Waals surface area (Å²) in [4.78, 5) is 12.1. The molecular formula is C12H11NO2S2. The molecule has 0 radical (unpaired) electrons. The molecule has 17 heavy (non-hydrogen) atoms. The van der Waals surface area contributed by atoms with Gasteiger partial charge in [0.25, 0.3) is 5.91 Å². The molecule has 1 fully saturated rings. The summed E-state index contributed by atoms with van der Waals surface area (Å²) in [5, 5.41) is 2.58. The lowest BCUT2D eigenvalue weighted by atomic mass is 10.2. The normalized spacial score (nSPS) is 17.4. The van der Waals surface area contributed by atoms with Crippen LogP contribution in [-0.2, 0) is 4.79 Å². The predicted molar refractivity (Wildman–Crippen MR) is 73.9 cm³/mol. The second kappa shape index (κ2) is 5.33. The smallest absolute Gasteiger partial charge is 0.263 e. The molecule has 1 heterocycles. The number of thiocarbonyl (C=S) groups is 1. The second-order valence-electron chi connectivity index (χ2n) is 3.35. The van der Waals surface area contributed by atoms with Gasteiger partial charge in [-0.1, -0.05) is 36.1 Å². The summed E-state index contributed by atoms with van der Waals surface area (Å²) in [5.41, 5.74) is 0.954. The summed E-state index contributed by atoms with van der Waals surface area (Å²) in [6, 6.07) is 7.58. The van der Waals surface area contributed by atoms with Crippen molar-refractivity contribution in [3.8, 4) is 5.75 Å². The molecule has 1 saturated heterocycles. The molecule has 1 amide bonds. The van der Waals surface area contributed by atoms with E-state index in [1.165, 1.54) is 11.8 Å². The molecule has 0 atom stereocenters. The maximum absolute atomic E-state index is 11.4. The summed E-state index contributed by atoms with van der Waals surface area (Å²) in [5.74, 6) is 0.697. The van der Waals surface area contributed by atoms with Crippen LogP contribution in [0.1, 0.15) is 12.5 Å². The minimum Gasteiger partial charge on any atom is -0.494 e. The van der Waals surface area contributed by atoms with E-state index in [4.69, 9.17) is 17.0 Å². The van der Waals surface area contributed by atoms with Gasteiger partial charge < -0.3 is 10.1 Å². The molecule has 1 aliphatic rings. The Morgan fingerprint density at radius 2 is 2.12 bits per heavy atom. The van der Waals surface area contributed by atoms with Gasteiger partial charge in [0.15, 0.2) is 0 Å². The fourth-order valence-corrected chi connectivity index (χ4v) is 2.44. The highest BCUT2D eigenvalue weighted by atomic mass is 32.2. The van der Waals surface area contributed by atoms with Crippen LogP contribution < -0.4 is 10.1 Å². The minimum absolute atomic E-state index is 0.131. The molecule has 0 spiro atoms. The third kappa shape index (κ3) is 3.08. The van der Waals surface area contributed by atoms with Crippen molar-refractivity contribution in [2.45, 2.75) is 6.92 Å². The maximum Gasteiger partial charge on any atom is 0.263 e. The number of amides is 1. The average Bonchev–Trinajstić information content (AvgIpc) is 2.61. The van der Waals surface area contributed by atoms with Crippen molar-refractivity contribution in [1.29, 1.82) is 0 Å². The van der Waals surface area contributed by atoms with Gasteiger partial charge in [-0.05, 0) is 30.7 Å². The van der Waals surface area contributed by atoms with Gasteiger partial charge >= 0.3 is 0 Å². The van der Waals surface area contributed by atoms with E-state index in [9.17, 15) is 4.79 Å². The Labute approximate surface area is 109 Å². The first-order valence-corrected chi connectivity index (χ1v) is 6.39. The van der Waals surface area contributed by atoms with Crippen molar-refractivity contribution >= 4 is 40.3 Å². The number of carbonyl (C=O) groups excluding carboxylic acids is 1. The zero-order valence-corrected chi connectivity index (χ0v) is 10.9. The topological polar surface area (TPSA) is 38.3 Å². The minimum atomic E-state index is -0.131. The highest BCUT2D eigenvalue weighted by Gasteiger charge is 2.21. The first-order chi connectivity index (χ1) is 8.19. The van der Waals surface area contributed by atoms with E-state index in [-0.39, 0.29) is 5.91 Å². The molecule has 0 aromatic heterocycles. The summed E-state index contributed by atoms with van der Waals surface area (Å²) in [6.45, 7) is 2.59. The van der Waals surface area contributed by atoms with Gasteiger partial charge in [-0.25, -0.2) is 0 Å². The average molecular weight is 265 g/mol. The fraction of sp³-hybridized carbons (Fsp3) is 0.167. The molecule has 0 aliphatic carbocycles. The van der Waals surface area contributed by atoms with E-state index >= 15 is 0 Å². The quantitative estimate of drug-likeness (QED) is 0.673. The van der Waals surface area contributed by atoms with Crippen LogP contribution in [0.5, 0.6) is 5.75 Å². The Kier molecular flexibility index (Phi) is 3.81. The van der Waals surface area contributed by atoms with Crippen LogP contribution in [0.4, 0.5) is 0 Å². The Bertz CT molecular complexity index is 480. The summed E-state index contributed by atoms with van der Waals surface area (Å²) in [6.07, 6.45) is 1.81. The third-order valence-corrected chi connectivity index (χ3v) is 3.29. The number of hydrogen-bond acceptors (Lipinski definition) is 4. The molecular weight excluding hydrogens is 254 g/mol. The Morgan fingerprint density at radius 3 is 2.65 bits per heavy atom. The Hall–Kier alpha value is -1.33. The van der Waals surface area contributed by atoms with E-state index in [1.54, 1.807) is 0 Å². The van der Waals surface area contributed by atoms with Crippen LogP contribution in [0.2, 0.25) is 0 Å². The Balaban J connectivity index is 2.16. The first-order valence-electron chi connectivity index (χ1n) is 5.17. The lowest BCUT2D eigenvalue weighted by Crippen LogP contribution is -2.17. The Morgan fingerprint density at radius 1 is 1.41 bits per heavy atom. The molecule has 0 unspecified atom stereocenters. The van der Waals surface area contributed by atoms with Crippen LogP contribution in [0, 0.1) is 0 Å². The molecule has 0 saturated carbocycles. The monoisotopic (exact) mass is 265 g/mol. The van der Waals surface area contributed by atoms with Crippen molar-refractivity contribution in [2.75, 3.05) is 6.61 Å². The van der Waals surface area contributed by atoms with Crippen LogP contribution in [0.15, 0.2) is 29.2 Å². The second-order valence-corrected chi connectivity index (χ2v) is 5.07. The van der Waals surface area contributed by atoms with Crippen molar-refractivity contribution < 1.29 is 9.53 Å². The number of nitrogens with one attached hydrogen (secondary N) is 1. The SMILES string of the molecule is CCOc1ccc(/C=C2\SC(=S)NC2=O)cc1. The molecule has 1 N–H and O–H groups in total. The molecule has 2 rings (SSSR count). The van der Waals surface area contributed by atoms with Crippen LogP contribution in [-0.4, -0.2) is 16.8 Å². The van der Waals surface area contributed by atoms with Crippen molar-refractivity contribution in [2.24, 2.45) is 0 Å². The van der Waals surface area contributed by atoms with Gasteiger partial charge in [0.2, 0.25) is 0 Å². The molecule has 88 valence electrons. The van der Waals surface area contributed by atoms with E-state index in [1.807, 2.05) is 37.3 Å². The van der Waals surface area contributed by atoms with Gasteiger partial charge in [-0.2, -0.15) is 0 Å². The maximum atomic E-state index is 11.4. The number of ether oxygens (including phenoxy) is 1. The molecule has 5 heteroatoms. The van der Waals surface area contributed by atoms with Gasteiger partial charge in [-0.15, -0.1) is 0 Å². The number of hydrogen-bond donors (Lipinski definition) is 1. The van der Waals surface area contributed by atoms with Crippen molar-refractivity contribution in [3.63, 3.8) is 0 Å². The lowest BCUT2D eigenvalue weighted by Gasteiger charge is -2.02. The predicted octanol–water partition coefficient (Wildman–Crippen LogP) is 2.57. The standard InChI is InChI=1S/C12H11NO2S2/c1-2-15-9-5-3-8(4-6-9)7-10-11(14)13-12(16)17-10/h3-7H,2H2,1H3,(H,13,14,16)/b10-7-. The van der Waals surface area contributed by atoms with Crippen molar-refractivity contribution in [1.82, 2.24) is 5.32 Å². The van der Waals surface area contributed by atoms with Gasteiger partial charge in [0.05, 0.1) is 11.5 Å². The molecule has 0 bridgehead atoms. The molecule has 3 nitrogen and oxygen atoms in total. The summed E-state index contributed by atoms with van der Waals surface area (Å²) >= 11 is 6.20. The van der Waals surface area contributed by atoms with E-state index in [0.717, 1.165) is 11.3 Å². The molecule has 1 aromatic rings. The zero-order valence-electron chi connectivity index (χ0n) is 9.23. The lowest BCUT2D eigenvalue weighted by molar-refractivity contribution is -0.115. The molecule has 1 aliphatic heterocycles. The summed E-state index contributed by atoms with van der Waals surface area (Å²) in [7, 11) is 0. The fourth-order valence-electron chi connectivity index (χ4n) is 1.40. The van der Waals surface area contributed by atoms with Crippen LogP contribution in [0.25, 0.3) is 6.08 Å². The highest BCUT2D eigenvalue weighted by Crippen LogP contribution is 2.26. The van der Waals surface area contributed by atoms with Gasteiger partial charge in [-0.3, -0.25) is 4.79 Å². The number of thioether (sulfide) groups is 1. The summed E-state index contributed by atoms with van der Waals surface area (Å²) < 4.78 is 5.85. The van der Waals surface area contributed by atoms with E-state index < -0.39 is 0 Å². The first kappa shape index (κ1) is 12.1. The number of rotatable bonds is 3. The third-order valence-electron chi connectivity index (χ3n) is 2.13. The van der Waals surface area contributed by atoms with Gasteiger partial charge in [0.1, 0.15) is 10.1 Å². The highest BCUT2D eigenvalue weighted by molar-refractivity contribution is 8.26. The van der Waals surface area contributed by atoms with Crippen LogP contribution in [0.3, 0.4) is 0 Å². The van der Waals surface area contributed by atoms with Crippen molar-refractivity contribution in [3.05, 3.63) is 34.7 Å². The number of benzene rings is 1. The van der Waals surface area contributed by atoms with Crippen LogP contribution >= 0.6 is 24.0 Å². The van der Waals surface area contributed by atoms with Gasteiger partial charge in [0, 0.05) is 0 Å². The van der Waals surface area contributed by atoms with E-state index in [0.29, 0.717) is 15.8 Å².